The number of rotatable bonds is 1. The molecule has 2 rings (SSSR count). The number of hydrazine groups is 2. The zero-order valence-corrected chi connectivity index (χ0v) is 8.42. The molecule has 0 bridgehead atoms. The zero-order valence-electron chi connectivity index (χ0n) is 8.42. The first kappa shape index (κ1) is 10.3. The van der Waals surface area contributed by atoms with Crippen molar-refractivity contribution in [2.45, 2.75) is 0 Å². The van der Waals surface area contributed by atoms with Gasteiger partial charge in [0.15, 0.2) is 0 Å². The van der Waals surface area contributed by atoms with E-state index in [1.165, 1.54) is 0 Å². The molecule has 1 heterocycles. The van der Waals surface area contributed by atoms with Crippen LogP contribution in [-0.4, -0.2) is 11.0 Å². The molecular weight excluding hydrogens is 206 g/mol. The van der Waals surface area contributed by atoms with Gasteiger partial charge in [-0.2, -0.15) is 0 Å². The van der Waals surface area contributed by atoms with Gasteiger partial charge in [0, 0.05) is 11.6 Å². The van der Waals surface area contributed by atoms with Gasteiger partial charge in [-0.15, -0.1) is 0 Å². The highest BCUT2D eigenvalue weighted by Gasteiger charge is 2.09. The number of hydrogen-bond acceptors (Lipinski definition) is 4. The predicted octanol–water partition coefficient (Wildman–Crippen LogP) is 0.498. The van der Waals surface area contributed by atoms with Gasteiger partial charge < -0.3 is 0 Å². The van der Waals surface area contributed by atoms with E-state index in [0.29, 0.717) is 5.69 Å². The highest BCUT2D eigenvalue weighted by atomic mass is 16.2. The summed E-state index contributed by atoms with van der Waals surface area (Å²) in [7, 11) is 0. The maximum atomic E-state index is 11.2. The molecule has 0 aliphatic heterocycles. The van der Waals surface area contributed by atoms with E-state index in [0.717, 1.165) is 15.9 Å². The first-order valence-corrected chi connectivity index (χ1v) is 4.62. The molecule has 2 aromatic rings. The van der Waals surface area contributed by atoms with E-state index >= 15 is 0 Å². The topological polar surface area (TPSA) is 97.3 Å². The average molecular weight is 217 g/mol. The van der Waals surface area contributed by atoms with Crippen LogP contribution in [0.1, 0.15) is 0 Å². The number of pyridine rings is 1. The van der Waals surface area contributed by atoms with Gasteiger partial charge in [-0.1, -0.05) is 6.07 Å². The number of nitrogens with two attached hydrogens (primary N) is 2. The molecule has 0 saturated heterocycles. The summed E-state index contributed by atoms with van der Waals surface area (Å²) >= 11 is 0. The molecule has 1 aromatic carbocycles. The number of fused-ring (bicyclic) bond motifs is 1. The van der Waals surface area contributed by atoms with Crippen molar-refractivity contribution in [2.24, 2.45) is 11.7 Å². The van der Waals surface area contributed by atoms with E-state index in [-0.39, 0.29) is 0 Å². The van der Waals surface area contributed by atoms with Gasteiger partial charge in [-0.25, -0.2) is 21.5 Å². The largest absolute Gasteiger partial charge is 0.350 e. The highest BCUT2D eigenvalue weighted by Crippen LogP contribution is 2.18. The van der Waals surface area contributed by atoms with Crippen LogP contribution in [0.15, 0.2) is 36.5 Å². The number of carbonyl (C=O) groups excluding carboxylic acids is 1. The van der Waals surface area contributed by atoms with E-state index in [1.54, 1.807) is 24.4 Å². The standard InChI is InChI=1S/C10H11N5O/c11-14-10(16)15(12)8-3-4-9-7(6-8)2-1-5-13-9/h1-6H,11-12H2,(H,14,16). The van der Waals surface area contributed by atoms with Crippen LogP contribution < -0.4 is 22.1 Å². The molecule has 0 radical (unpaired) electrons. The fraction of sp³-hybridized carbons (Fsp3) is 0. The van der Waals surface area contributed by atoms with E-state index < -0.39 is 6.03 Å². The molecule has 0 aliphatic carbocycles. The van der Waals surface area contributed by atoms with Crippen molar-refractivity contribution in [3.63, 3.8) is 0 Å². The molecule has 6 heteroatoms. The number of urea groups is 1. The van der Waals surface area contributed by atoms with Gasteiger partial charge in [-0.05, 0) is 24.3 Å². The number of anilines is 1. The predicted molar refractivity (Wildman–Crippen MR) is 61.1 cm³/mol. The van der Waals surface area contributed by atoms with Gasteiger partial charge in [0.25, 0.3) is 0 Å². The molecule has 16 heavy (non-hydrogen) atoms. The maximum Gasteiger partial charge on any atom is 0.350 e. The number of nitrogens with zero attached hydrogens (tertiary/aromatic N) is 2. The maximum absolute atomic E-state index is 11.2. The quantitative estimate of drug-likeness (QED) is 0.368. The zero-order chi connectivity index (χ0) is 11.5. The van der Waals surface area contributed by atoms with Crippen LogP contribution in [-0.2, 0) is 0 Å². The number of nitrogens with one attached hydrogen (secondary N) is 1. The van der Waals surface area contributed by atoms with Gasteiger partial charge >= 0.3 is 6.03 Å². The van der Waals surface area contributed by atoms with Gasteiger partial charge in [0.1, 0.15) is 0 Å². The molecule has 1 aromatic heterocycles. The molecular formula is C10H11N5O. The normalized spacial score (nSPS) is 10.1. The Hall–Kier alpha value is -2.18. The second-order valence-electron chi connectivity index (χ2n) is 3.20. The first-order chi connectivity index (χ1) is 7.72. The fourth-order valence-corrected chi connectivity index (χ4v) is 1.40. The number of amides is 2. The van der Waals surface area contributed by atoms with Crippen LogP contribution in [0.2, 0.25) is 0 Å². The molecule has 6 nitrogen and oxygen atoms in total. The van der Waals surface area contributed by atoms with Crippen molar-refractivity contribution in [1.29, 1.82) is 0 Å². The van der Waals surface area contributed by atoms with Crippen LogP contribution in [0.5, 0.6) is 0 Å². The molecule has 0 fully saturated rings. The summed E-state index contributed by atoms with van der Waals surface area (Å²) in [5.41, 5.74) is 3.34. The second-order valence-corrected chi connectivity index (χ2v) is 3.20. The van der Waals surface area contributed by atoms with Crippen LogP contribution in [0, 0.1) is 0 Å². The Labute approximate surface area is 91.8 Å². The summed E-state index contributed by atoms with van der Waals surface area (Å²) in [4.78, 5) is 15.4. The van der Waals surface area contributed by atoms with Crippen molar-refractivity contribution in [2.75, 3.05) is 5.01 Å². The average Bonchev–Trinajstić information content (AvgIpc) is 2.36. The molecule has 0 atom stereocenters. The van der Waals surface area contributed by atoms with Gasteiger partial charge in [-0.3, -0.25) is 10.4 Å². The lowest BCUT2D eigenvalue weighted by Gasteiger charge is -2.15. The lowest BCUT2D eigenvalue weighted by molar-refractivity contribution is 0.246. The van der Waals surface area contributed by atoms with Crippen molar-refractivity contribution >= 4 is 22.6 Å². The summed E-state index contributed by atoms with van der Waals surface area (Å²) in [6, 6.07) is 8.37. The third kappa shape index (κ3) is 1.79. The van der Waals surface area contributed by atoms with Crippen LogP contribution in [0.4, 0.5) is 10.5 Å². The number of benzene rings is 1. The minimum absolute atomic E-state index is 0.545. The minimum atomic E-state index is -0.580. The molecule has 0 unspecified atom stereocenters. The Morgan fingerprint density at radius 2 is 2.19 bits per heavy atom. The molecule has 0 spiro atoms. The smallest absolute Gasteiger partial charge is 0.274 e. The molecule has 0 saturated carbocycles. The summed E-state index contributed by atoms with van der Waals surface area (Å²) in [6.45, 7) is 0. The summed E-state index contributed by atoms with van der Waals surface area (Å²) < 4.78 is 0. The molecule has 82 valence electrons. The van der Waals surface area contributed by atoms with Gasteiger partial charge in [0.05, 0.1) is 11.2 Å². The monoisotopic (exact) mass is 217 g/mol. The summed E-state index contributed by atoms with van der Waals surface area (Å²) in [5.74, 6) is 10.6. The fourth-order valence-electron chi connectivity index (χ4n) is 1.40. The van der Waals surface area contributed by atoms with Crippen LogP contribution in [0.25, 0.3) is 10.9 Å². The number of carbonyl (C=O) groups is 1. The third-order valence-corrected chi connectivity index (χ3v) is 2.21. The lowest BCUT2D eigenvalue weighted by atomic mass is 10.2. The summed E-state index contributed by atoms with van der Waals surface area (Å²) in [6.07, 6.45) is 1.70. The van der Waals surface area contributed by atoms with E-state index in [2.05, 4.69) is 4.98 Å². The van der Waals surface area contributed by atoms with Crippen molar-refractivity contribution < 1.29 is 4.79 Å². The lowest BCUT2D eigenvalue weighted by Crippen LogP contribution is -2.47. The Bertz CT molecular complexity index is 527. The Balaban J connectivity index is 2.43. The highest BCUT2D eigenvalue weighted by molar-refractivity contribution is 5.93. The van der Waals surface area contributed by atoms with E-state index in [4.69, 9.17) is 11.7 Å². The first-order valence-electron chi connectivity index (χ1n) is 4.62. The van der Waals surface area contributed by atoms with Crippen molar-refractivity contribution in [3.05, 3.63) is 36.5 Å². The number of aromatic nitrogens is 1. The Morgan fingerprint density at radius 1 is 1.38 bits per heavy atom. The number of hydrogen-bond donors (Lipinski definition) is 3. The second kappa shape index (κ2) is 4.13. The molecule has 5 N–H and O–H groups in total. The molecule has 2 amide bonds. The van der Waals surface area contributed by atoms with Crippen molar-refractivity contribution in [1.82, 2.24) is 10.4 Å². The SMILES string of the molecule is NNC(=O)N(N)c1ccc2ncccc2c1. The Morgan fingerprint density at radius 3 is 2.94 bits per heavy atom. The summed E-state index contributed by atoms with van der Waals surface area (Å²) in [5, 5.41) is 1.84. The van der Waals surface area contributed by atoms with Crippen molar-refractivity contribution in [3.8, 4) is 0 Å². The van der Waals surface area contributed by atoms with E-state index in [9.17, 15) is 4.79 Å². The molecule has 0 aliphatic rings. The van der Waals surface area contributed by atoms with E-state index in [1.807, 2.05) is 17.6 Å². The third-order valence-electron chi connectivity index (χ3n) is 2.21. The van der Waals surface area contributed by atoms with Crippen LogP contribution in [0.3, 0.4) is 0 Å². The minimum Gasteiger partial charge on any atom is -0.274 e. The van der Waals surface area contributed by atoms with Crippen LogP contribution >= 0.6 is 0 Å². The Kier molecular flexibility index (Phi) is 2.67. The van der Waals surface area contributed by atoms with Gasteiger partial charge in [0.2, 0.25) is 0 Å².